The first-order valence-electron chi connectivity index (χ1n) is 1.89. The van der Waals surface area contributed by atoms with Crippen molar-refractivity contribution in [1.29, 1.82) is 0 Å². The maximum atomic E-state index is 8.59. The Bertz CT molecular complexity index is 49.4. The van der Waals surface area contributed by atoms with Crippen LogP contribution in [0.4, 0.5) is 0 Å². The second kappa shape index (κ2) is 2.23. The molecule has 0 heterocycles. The highest BCUT2D eigenvalue weighted by Crippen LogP contribution is 1.87. The van der Waals surface area contributed by atoms with Gasteiger partial charge in [-0.1, -0.05) is 0 Å². The lowest BCUT2D eigenvalue weighted by Gasteiger charge is -2.13. The highest BCUT2D eigenvalue weighted by molar-refractivity contribution is 4.58. The van der Waals surface area contributed by atoms with Crippen molar-refractivity contribution >= 4 is 0 Å². The summed E-state index contributed by atoms with van der Waals surface area (Å²) in [5.41, 5.74) is 3.70. The summed E-state index contributed by atoms with van der Waals surface area (Å²) in [4.78, 5) is 4.03. The van der Waals surface area contributed by atoms with Gasteiger partial charge in [0.2, 0.25) is 0 Å². The molecular weight excluding hydrogens is 96.0 g/mol. The number of rotatable bonds is 2. The van der Waals surface area contributed by atoms with E-state index in [1.165, 1.54) is 6.92 Å². The van der Waals surface area contributed by atoms with Crippen LogP contribution in [0.25, 0.3) is 0 Å². The second-order valence-corrected chi connectivity index (χ2v) is 1.67. The molecule has 4 nitrogen and oxygen atoms in total. The van der Waals surface area contributed by atoms with Gasteiger partial charge in [-0.3, -0.25) is 0 Å². The lowest BCUT2D eigenvalue weighted by molar-refractivity contribution is -0.0300. The zero-order chi connectivity index (χ0) is 5.91. The molecule has 0 aliphatic heterocycles. The smallest absolute Gasteiger partial charge is 0.136 e. The van der Waals surface area contributed by atoms with Crippen molar-refractivity contribution in [1.82, 2.24) is 0 Å². The normalized spacial score (nSPS) is 18.9. The van der Waals surface area contributed by atoms with Crippen molar-refractivity contribution in [3.05, 3.63) is 0 Å². The first-order valence-corrected chi connectivity index (χ1v) is 1.89. The Morgan fingerprint density at radius 1 is 1.86 bits per heavy atom. The Labute approximate surface area is 42.0 Å². The quantitative estimate of drug-likeness (QED) is 0.297. The molecule has 0 saturated heterocycles. The van der Waals surface area contributed by atoms with E-state index in [1.54, 1.807) is 0 Å². The fourth-order valence-corrected chi connectivity index (χ4v) is 0.169. The van der Waals surface area contributed by atoms with Crippen LogP contribution in [0.5, 0.6) is 0 Å². The standard InChI is InChI=1S/C3H10N2O2/c1-3(4,6)2-7-5/h6H,2,4-5H2,1H3. The third kappa shape index (κ3) is 5.84. The number of nitrogens with two attached hydrogens (primary N) is 2. The van der Waals surface area contributed by atoms with Gasteiger partial charge in [0, 0.05) is 0 Å². The van der Waals surface area contributed by atoms with Crippen molar-refractivity contribution in [3.8, 4) is 0 Å². The molecule has 0 spiro atoms. The summed E-state index contributed by atoms with van der Waals surface area (Å²) in [6.45, 7) is 1.35. The molecule has 1 unspecified atom stereocenters. The summed E-state index contributed by atoms with van der Waals surface area (Å²) in [5.74, 6) is 4.57. The minimum atomic E-state index is -1.30. The zero-order valence-electron chi connectivity index (χ0n) is 4.22. The number of hydrogen-bond acceptors (Lipinski definition) is 4. The summed E-state index contributed by atoms with van der Waals surface area (Å²) in [6.07, 6.45) is 0. The topological polar surface area (TPSA) is 81.5 Å². The van der Waals surface area contributed by atoms with Crippen LogP contribution in [-0.2, 0) is 4.84 Å². The Kier molecular flexibility index (Phi) is 2.17. The lowest BCUT2D eigenvalue weighted by atomic mass is 10.3. The van der Waals surface area contributed by atoms with Crippen molar-refractivity contribution in [2.45, 2.75) is 12.6 Å². The van der Waals surface area contributed by atoms with Crippen molar-refractivity contribution in [2.24, 2.45) is 11.6 Å². The highest BCUT2D eigenvalue weighted by atomic mass is 16.6. The average molecular weight is 106 g/mol. The number of aliphatic hydroxyl groups is 1. The maximum Gasteiger partial charge on any atom is 0.136 e. The molecule has 7 heavy (non-hydrogen) atoms. The molecule has 1 atom stereocenters. The Morgan fingerprint density at radius 2 is 2.29 bits per heavy atom. The molecule has 0 radical (unpaired) electrons. The fourth-order valence-electron chi connectivity index (χ4n) is 0.169. The molecule has 0 aliphatic rings. The highest BCUT2D eigenvalue weighted by Gasteiger charge is 2.10. The molecule has 0 aromatic carbocycles. The van der Waals surface area contributed by atoms with Gasteiger partial charge in [-0.05, 0) is 6.92 Å². The van der Waals surface area contributed by atoms with Crippen molar-refractivity contribution in [2.75, 3.05) is 6.61 Å². The molecule has 4 heteroatoms. The summed E-state index contributed by atoms with van der Waals surface area (Å²) < 4.78 is 0. The first-order chi connectivity index (χ1) is 3.06. The Balaban J connectivity index is 3.15. The maximum absolute atomic E-state index is 8.59. The molecule has 0 rings (SSSR count). The van der Waals surface area contributed by atoms with Gasteiger partial charge in [-0.2, -0.15) is 0 Å². The predicted molar refractivity (Wildman–Crippen MR) is 25.0 cm³/mol. The molecule has 0 aromatic heterocycles. The van der Waals surface area contributed by atoms with E-state index < -0.39 is 5.72 Å². The largest absolute Gasteiger partial charge is 0.374 e. The van der Waals surface area contributed by atoms with Gasteiger partial charge in [0.25, 0.3) is 0 Å². The molecule has 0 saturated carbocycles. The van der Waals surface area contributed by atoms with E-state index in [-0.39, 0.29) is 6.61 Å². The molecule has 0 fully saturated rings. The van der Waals surface area contributed by atoms with Gasteiger partial charge in [0.15, 0.2) is 0 Å². The number of hydrogen-bond donors (Lipinski definition) is 3. The van der Waals surface area contributed by atoms with Gasteiger partial charge in [0.1, 0.15) is 12.3 Å². The first kappa shape index (κ1) is 6.84. The van der Waals surface area contributed by atoms with Crippen LogP contribution in [0.2, 0.25) is 0 Å². The van der Waals surface area contributed by atoms with Gasteiger partial charge in [0.05, 0.1) is 0 Å². The predicted octanol–water partition coefficient (Wildman–Crippen LogP) is -1.46. The zero-order valence-corrected chi connectivity index (χ0v) is 4.22. The van der Waals surface area contributed by atoms with Gasteiger partial charge in [-0.25, -0.2) is 5.90 Å². The summed E-state index contributed by atoms with van der Waals surface area (Å²) >= 11 is 0. The van der Waals surface area contributed by atoms with E-state index in [0.717, 1.165) is 0 Å². The van der Waals surface area contributed by atoms with E-state index in [9.17, 15) is 0 Å². The summed E-state index contributed by atoms with van der Waals surface area (Å²) in [7, 11) is 0. The van der Waals surface area contributed by atoms with Gasteiger partial charge >= 0.3 is 0 Å². The SMILES string of the molecule is CC(N)(O)CON. The minimum absolute atomic E-state index is 0.0486. The van der Waals surface area contributed by atoms with E-state index in [2.05, 4.69) is 10.7 Å². The monoisotopic (exact) mass is 106 g/mol. The molecular formula is C3H10N2O2. The van der Waals surface area contributed by atoms with Crippen LogP contribution in [0.1, 0.15) is 6.92 Å². The van der Waals surface area contributed by atoms with E-state index in [4.69, 9.17) is 10.8 Å². The molecule has 44 valence electrons. The van der Waals surface area contributed by atoms with E-state index >= 15 is 0 Å². The molecule has 0 amide bonds. The fraction of sp³-hybridized carbons (Fsp3) is 1.00. The van der Waals surface area contributed by atoms with Crippen LogP contribution in [0, 0.1) is 0 Å². The van der Waals surface area contributed by atoms with Crippen molar-refractivity contribution < 1.29 is 9.94 Å². The van der Waals surface area contributed by atoms with E-state index in [1.807, 2.05) is 0 Å². The Morgan fingerprint density at radius 3 is 2.29 bits per heavy atom. The van der Waals surface area contributed by atoms with Crippen LogP contribution < -0.4 is 11.6 Å². The van der Waals surface area contributed by atoms with Crippen LogP contribution in [-0.4, -0.2) is 17.4 Å². The van der Waals surface area contributed by atoms with Crippen LogP contribution in [0.15, 0.2) is 0 Å². The van der Waals surface area contributed by atoms with E-state index in [0.29, 0.717) is 0 Å². The molecule has 0 aliphatic carbocycles. The van der Waals surface area contributed by atoms with Crippen molar-refractivity contribution in [3.63, 3.8) is 0 Å². The molecule has 0 aromatic rings. The molecule has 5 N–H and O–H groups in total. The van der Waals surface area contributed by atoms with Gasteiger partial charge < -0.3 is 15.7 Å². The third-order valence-electron chi connectivity index (χ3n) is 0.376. The van der Waals surface area contributed by atoms with Gasteiger partial charge in [-0.15, -0.1) is 0 Å². The minimum Gasteiger partial charge on any atom is -0.374 e. The van der Waals surface area contributed by atoms with Crippen LogP contribution >= 0.6 is 0 Å². The lowest BCUT2D eigenvalue weighted by Crippen LogP contribution is -2.41. The average Bonchev–Trinajstić information content (AvgIpc) is 1.30. The summed E-state index contributed by atoms with van der Waals surface area (Å²) in [6, 6.07) is 0. The third-order valence-corrected chi connectivity index (χ3v) is 0.376. The Hall–Kier alpha value is -0.160. The summed E-state index contributed by atoms with van der Waals surface area (Å²) in [5, 5.41) is 8.59. The second-order valence-electron chi connectivity index (χ2n) is 1.67. The molecule has 0 bridgehead atoms. The van der Waals surface area contributed by atoms with Crippen LogP contribution in [0.3, 0.4) is 0 Å².